The average Bonchev–Trinajstić information content (AvgIpc) is 3.16. The van der Waals surface area contributed by atoms with Gasteiger partial charge < -0.3 is 9.64 Å². The number of methoxy groups -OCH3 is 1. The summed E-state index contributed by atoms with van der Waals surface area (Å²) in [6, 6.07) is 7.52. The standard InChI is InChI=1S/C20H22N2O3/c1-3-12-11-21-9-8-20-16(21)10-14(12)17(19(24)25-2)22(20)15-7-5-4-6-13(15)18(20)23/h3-7,14,16-17H,8-11H2,1-2H3/t14-,16+,17+,20+/m0/s1. The van der Waals surface area contributed by atoms with Gasteiger partial charge in [-0.1, -0.05) is 23.8 Å². The van der Waals surface area contributed by atoms with Crippen LogP contribution in [0.25, 0.3) is 0 Å². The number of benzene rings is 1. The van der Waals surface area contributed by atoms with E-state index in [1.54, 1.807) is 0 Å². The maximum absolute atomic E-state index is 13.5. The Balaban J connectivity index is 1.77. The first kappa shape index (κ1) is 15.1. The molecule has 4 aliphatic rings. The van der Waals surface area contributed by atoms with Gasteiger partial charge in [-0.2, -0.15) is 0 Å². The average molecular weight is 338 g/mol. The Hall–Kier alpha value is -2.14. The Morgan fingerprint density at radius 2 is 2.16 bits per heavy atom. The first-order chi connectivity index (χ1) is 12.1. The minimum Gasteiger partial charge on any atom is -0.467 e. The third kappa shape index (κ3) is 1.62. The summed E-state index contributed by atoms with van der Waals surface area (Å²) in [7, 11) is 1.45. The molecule has 5 rings (SSSR count). The van der Waals surface area contributed by atoms with E-state index in [0.717, 1.165) is 37.2 Å². The zero-order valence-corrected chi connectivity index (χ0v) is 14.6. The summed E-state index contributed by atoms with van der Waals surface area (Å²) in [6.07, 6.45) is 3.78. The number of esters is 1. The fourth-order valence-corrected chi connectivity index (χ4v) is 5.80. The van der Waals surface area contributed by atoms with E-state index in [0.29, 0.717) is 0 Å². The maximum atomic E-state index is 13.5. The van der Waals surface area contributed by atoms with Crippen molar-refractivity contribution in [3.63, 3.8) is 0 Å². The van der Waals surface area contributed by atoms with Crippen molar-refractivity contribution in [1.82, 2.24) is 4.90 Å². The molecule has 1 spiro atoms. The number of fused-ring (bicyclic) bond motifs is 3. The number of ether oxygens (including phenoxy) is 1. The number of para-hydroxylation sites is 1. The number of allylic oxidation sites excluding steroid dienone is 1. The van der Waals surface area contributed by atoms with Crippen LogP contribution >= 0.6 is 0 Å². The molecule has 1 aromatic rings. The summed E-state index contributed by atoms with van der Waals surface area (Å²) in [4.78, 5) is 30.9. The number of nitrogens with zero attached hydrogens (tertiary/aromatic N) is 2. The summed E-state index contributed by atoms with van der Waals surface area (Å²) in [6.45, 7) is 3.81. The summed E-state index contributed by atoms with van der Waals surface area (Å²) in [5, 5.41) is 0. The van der Waals surface area contributed by atoms with Gasteiger partial charge in [-0.05, 0) is 31.9 Å². The number of ketones is 1. The molecule has 130 valence electrons. The van der Waals surface area contributed by atoms with Gasteiger partial charge in [0, 0.05) is 36.3 Å². The molecule has 0 aromatic heterocycles. The first-order valence-corrected chi connectivity index (χ1v) is 9.03. The molecule has 4 heterocycles. The summed E-state index contributed by atoms with van der Waals surface area (Å²) in [5.41, 5.74) is 2.35. The lowest BCUT2D eigenvalue weighted by Gasteiger charge is -2.55. The van der Waals surface area contributed by atoms with Gasteiger partial charge in [0.2, 0.25) is 0 Å². The van der Waals surface area contributed by atoms with Gasteiger partial charge in [0.05, 0.1) is 7.11 Å². The Kier molecular flexibility index (Phi) is 2.99. The molecule has 0 radical (unpaired) electrons. The molecule has 2 bridgehead atoms. The highest BCUT2D eigenvalue weighted by molar-refractivity contribution is 6.16. The number of anilines is 1. The van der Waals surface area contributed by atoms with Crippen LogP contribution in [-0.2, 0) is 9.53 Å². The van der Waals surface area contributed by atoms with E-state index in [9.17, 15) is 9.59 Å². The maximum Gasteiger partial charge on any atom is 0.329 e. The molecule has 0 saturated carbocycles. The molecule has 4 atom stereocenters. The smallest absolute Gasteiger partial charge is 0.329 e. The van der Waals surface area contributed by atoms with Crippen molar-refractivity contribution in [2.75, 3.05) is 25.1 Å². The SMILES string of the molecule is CC=C1CN2CC[C@@]34C(=O)c5ccccc5N3[C@@H](C(=O)OC)[C@H]1C[C@@H]24. The first-order valence-electron chi connectivity index (χ1n) is 9.03. The predicted molar refractivity (Wildman–Crippen MR) is 93.6 cm³/mol. The van der Waals surface area contributed by atoms with Gasteiger partial charge >= 0.3 is 5.97 Å². The molecule has 0 N–H and O–H groups in total. The monoisotopic (exact) mass is 338 g/mol. The summed E-state index contributed by atoms with van der Waals surface area (Å²) >= 11 is 0. The van der Waals surface area contributed by atoms with Crippen molar-refractivity contribution in [1.29, 1.82) is 0 Å². The van der Waals surface area contributed by atoms with Gasteiger partial charge in [-0.25, -0.2) is 4.79 Å². The molecule has 1 aromatic carbocycles. The minimum atomic E-state index is -0.599. The van der Waals surface area contributed by atoms with E-state index >= 15 is 0 Å². The largest absolute Gasteiger partial charge is 0.467 e. The van der Waals surface area contributed by atoms with E-state index in [-0.39, 0.29) is 23.7 Å². The van der Waals surface area contributed by atoms with E-state index in [1.807, 2.05) is 31.2 Å². The highest BCUT2D eigenvalue weighted by Crippen LogP contribution is 2.56. The van der Waals surface area contributed by atoms with Crippen molar-refractivity contribution < 1.29 is 14.3 Å². The molecule has 5 heteroatoms. The fourth-order valence-electron chi connectivity index (χ4n) is 5.80. The van der Waals surface area contributed by atoms with Gasteiger partial charge in [0.15, 0.2) is 5.78 Å². The van der Waals surface area contributed by atoms with Crippen molar-refractivity contribution in [3.8, 4) is 0 Å². The molecule has 0 unspecified atom stereocenters. The Morgan fingerprint density at radius 1 is 1.36 bits per heavy atom. The predicted octanol–water partition coefficient (Wildman–Crippen LogP) is 2.02. The normalized spacial score (nSPS) is 37.2. The third-order valence-corrected chi connectivity index (χ3v) is 6.82. The topological polar surface area (TPSA) is 49.9 Å². The second-order valence-corrected chi connectivity index (χ2v) is 7.55. The molecule has 0 amide bonds. The van der Waals surface area contributed by atoms with E-state index in [1.165, 1.54) is 12.7 Å². The van der Waals surface area contributed by atoms with Gasteiger partial charge in [0.25, 0.3) is 0 Å². The van der Waals surface area contributed by atoms with Gasteiger partial charge in [-0.15, -0.1) is 0 Å². The number of Topliss-reactive ketones (excluding diaryl/α,β-unsaturated/α-hetero) is 1. The highest BCUT2D eigenvalue weighted by Gasteiger charge is 2.68. The molecule has 3 fully saturated rings. The zero-order valence-electron chi connectivity index (χ0n) is 14.6. The summed E-state index contributed by atoms with van der Waals surface area (Å²) < 4.78 is 5.20. The molecular weight excluding hydrogens is 316 g/mol. The van der Waals surface area contributed by atoms with Crippen LogP contribution < -0.4 is 4.90 Å². The number of rotatable bonds is 1. The van der Waals surface area contributed by atoms with Crippen molar-refractivity contribution in [3.05, 3.63) is 41.5 Å². The van der Waals surface area contributed by atoms with E-state index < -0.39 is 11.6 Å². The number of hydrogen-bond acceptors (Lipinski definition) is 5. The van der Waals surface area contributed by atoms with Crippen LogP contribution in [-0.4, -0.2) is 54.5 Å². The van der Waals surface area contributed by atoms with Crippen LogP contribution in [0.1, 0.15) is 30.1 Å². The lowest BCUT2D eigenvalue weighted by atomic mass is 9.69. The quantitative estimate of drug-likeness (QED) is 0.579. The zero-order chi connectivity index (χ0) is 17.3. The number of carbonyl (C=O) groups is 2. The van der Waals surface area contributed by atoms with Crippen LogP contribution in [0.5, 0.6) is 0 Å². The molecular formula is C20H22N2O3. The minimum absolute atomic E-state index is 0.115. The lowest BCUT2D eigenvalue weighted by molar-refractivity contribution is -0.145. The van der Waals surface area contributed by atoms with Crippen LogP contribution in [0, 0.1) is 5.92 Å². The summed E-state index contributed by atoms with van der Waals surface area (Å²) in [5.74, 6) is 0.0720. The number of piperidine rings is 2. The van der Waals surface area contributed by atoms with Crippen molar-refractivity contribution >= 4 is 17.4 Å². The Bertz CT molecular complexity index is 817. The highest BCUT2D eigenvalue weighted by atomic mass is 16.5. The van der Waals surface area contributed by atoms with Crippen molar-refractivity contribution in [2.45, 2.75) is 37.4 Å². The van der Waals surface area contributed by atoms with E-state index in [2.05, 4.69) is 15.9 Å². The lowest BCUT2D eigenvalue weighted by Crippen LogP contribution is -2.71. The molecule has 25 heavy (non-hydrogen) atoms. The van der Waals surface area contributed by atoms with Gasteiger partial charge in [0.1, 0.15) is 11.6 Å². The Morgan fingerprint density at radius 3 is 2.92 bits per heavy atom. The molecule has 3 saturated heterocycles. The van der Waals surface area contributed by atoms with Crippen LogP contribution in [0.2, 0.25) is 0 Å². The molecule has 4 aliphatic heterocycles. The molecule has 5 nitrogen and oxygen atoms in total. The third-order valence-electron chi connectivity index (χ3n) is 6.82. The van der Waals surface area contributed by atoms with Crippen LogP contribution in [0.4, 0.5) is 5.69 Å². The molecule has 0 aliphatic carbocycles. The Labute approximate surface area is 147 Å². The van der Waals surface area contributed by atoms with Crippen LogP contribution in [0.3, 0.4) is 0 Å². The number of hydrogen-bond donors (Lipinski definition) is 0. The van der Waals surface area contributed by atoms with E-state index in [4.69, 9.17) is 4.74 Å². The van der Waals surface area contributed by atoms with Crippen molar-refractivity contribution in [2.24, 2.45) is 5.92 Å². The van der Waals surface area contributed by atoms with Gasteiger partial charge in [-0.3, -0.25) is 9.69 Å². The second-order valence-electron chi connectivity index (χ2n) is 7.55. The fraction of sp³-hybridized carbons (Fsp3) is 0.500. The second kappa shape index (κ2) is 4.94. The van der Waals surface area contributed by atoms with Crippen LogP contribution in [0.15, 0.2) is 35.9 Å². The number of carbonyl (C=O) groups excluding carboxylic acids is 2.